The van der Waals surface area contributed by atoms with Gasteiger partial charge in [0.25, 0.3) is 0 Å². The van der Waals surface area contributed by atoms with Crippen molar-refractivity contribution >= 4 is 0 Å². The summed E-state index contributed by atoms with van der Waals surface area (Å²) in [4.78, 5) is 0. The van der Waals surface area contributed by atoms with Gasteiger partial charge >= 0.3 is 0 Å². The van der Waals surface area contributed by atoms with Gasteiger partial charge in [0.05, 0.1) is 0 Å². The molecule has 1 heteroatoms. The first-order chi connectivity index (χ1) is 12.2. The topological polar surface area (TPSA) is 12.0 Å². The van der Waals surface area contributed by atoms with E-state index in [-0.39, 0.29) is 0 Å². The van der Waals surface area contributed by atoms with Crippen molar-refractivity contribution < 1.29 is 0 Å². The lowest BCUT2D eigenvalue weighted by molar-refractivity contribution is 0.580. The molecule has 0 radical (unpaired) electrons. The minimum atomic E-state index is 1.13. The Bertz CT molecular complexity index is 323. The lowest BCUT2D eigenvalue weighted by atomic mass is 10.1. The van der Waals surface area contributed by atoms with E-state index < -0.39 is 0 Å². The molecule has 0 unspecified atom stereocenters. The molecule has 148 valence electrons. The smallest absolute Gasteiger partial charge is 0.0143 e. The molecule has 0 fully saturated rings. The number of hydrogen-bond acceptors (Lipinski definition) is 1. The van der Waals surface area contributed by atoms with Crippen molar-refractivity contribution in [3.63, 3.8) is 0 Å². The molecule has 0 amide bonds. The van der Waals surface area contributed by atoms with E-state index in [1.54, 1.807) is 0 Å². The average Bonchev–Trinajstić information content (AvgIpc) is 2.60. The number of hydrogen-bond donors (Lipinski definition) is 1. The molecule has 0 aliphatic rings. The molecule has 0 rings (SSSR count). The van der Waals surface area contributed by atoms with Gasteiger partial charge in [0.2, 0.25) is 0 Å². The van der Waals surface area contributed by atoms with E-state index in [2.05, 4.69) is 45.2 Å². The third kappa shape index (κ3) is 17.9. The second-order valence-corrected chi connectivity index (χ2v) is 7.70. The van der Waals surface area contributed by atoms with E-state index in [4.69, 9.17) is 0 Å². The molecule has 0 spiro atoms. The summed E-state index contributed by atoms with van der Waals surface area (Å²) in [7, 11) is 0. The third-order valence-corrected chi connectivity index (χ3v) is 4.98. The van der Waals surface area contributed by atoms with Gasteiger partial charge in [-0.05, 0) is 52.4 Å². The van der Waals surface area contributed by atoms with Crippen LogP contribution in [-0.4, -0.2) is 6.54 Å². The summed E-state index contributed by atoms with van der Waals surface area (Å²) < 4.78 is 0. The number of rotatable bonds is 18. The maximum absolute atomic E-state index is 3.59. The summed E-state index contributed by atoms with van der Waals surface area (Å²) in [6.45, 7) is 10.1. The van der Waals surface area contributed by atoms with Crippen LogP contribution in [0.4, 0.5) is 0 Å². The van der Waals surface area contributed by atoms with Crippen molar-refractivity contribution in [1.29, 1.82) is 0 Å². The highest BCUT2D eigenvalue weighted by Crippen LogP contribution is 2.10. The molecule has 0 aliphatic heterocycles. The summed E-state index contributed by atoms with van der Waals surface area (Å²) in [6.07, 6.45) is 25.3. The van der Waals surface area contributed by atoms with Gasteiger partial charge in [0.1, 0.15) is 0 Å². The van der Waals surface area contributed by atoms with Gasteiger partial charge in [0.15, 0.2) is 0 Å². The Morgan fingerprint density at radius 2 is 1.12 bits per heavy atom. The van der Waals surface area contributed by atoms with Gasteiger partial charge in [-0.2, -0.15) is 0 Å². The third-order valence-electron chi connectivity index (χ3n) is 4.98. The largest absolute Gasteiger partial charge is 0.388 e. The van der Waals surface area contributed by atoms with Crippen LogP contribution in [0.5, 0.6) is 0 Å². The molecule has 25 heavy (non-hydrogen) atoms. The van der Waals surface area contributed by atoms with Crippen LogP contribution in [0.15, 0.2) is 23.4 Å². The molecule has 1 N–H and O–H groups in total. The molecule has 0 aromatic rings. The lowest BCUT2D eigenvalue weighted by Crippen LogP contribution is -2.15. The second kappa shape index (κ2) is 19.6. The van der Waals surface area contributed by atoms with Crippen molar-refractivity contribution in [3.05, 3.63) is 23.4 Å². The zero-order valence-corrected chi connectivity index (χ0v) is 18.0. The first kappa shape index (κ1) is 24.3. The second-order valence-electron chi connectivity index (χ2n) is 7.70. The van der Waals surface area contributed by atoms with Gasteiger partial charge < -0.3 is 5.32 Å². The fourth-order valence-electron chi connectivity index (χ4n) is 3.27. The maximum atomic E-state index is 3.59. The van der Waals surface area contributed by atoms with Crippen LogP contribution in [0.3, 0.4) is 0 Å². The van der Waals surface area contributed by atoms with Crippen molar-refractivity contribution in [2.45, 2.75) is 124 Å². The van der Waals surface area contributed by atoms with E-state index in [0.717, 1.165) is 13.0 Å². The van der Waals surface area contributed by atoms with Crippen LogP contribution in [0.2, 0.25) is 0 Å². The highest BCUT2D eigenvalue weighted by molar-refractivity contribution is 5.06. The Morgan fingerprint density at radius 1 is 0.640 bits per heavy atom. The van der Waals surface area contributed by atoms with Gasteiger partial charge in [0, 0.05) is 12.2 Å². The van der Waals surface area contributed by atoms with Crippen molar-refractivity contribution in [2.24, 2.45) is 0 Å². The predicted molar refractivity (Wildman–Crippen MR) is 116 cm³/mol. The Balaban J connectivity index is 3.23. The molecule has 0 aromatic carbocycles. The number of nitrogens with one attached hydrogen (secondary N) is 1. The standard InChI is InChI=1S/C24H47N/c1-5-7-8-9-10-11-12-13-14-15-16-17-18-19-20-21-22-25-24(6-2)23(3)4/h13-14,25H,5-12,15-22H2,1-4H3/b14-13-. The molecule has 0 saturated carbocycles. The minimum Gasteiger partial charge on any atom is -0.388 e. The highest BCUT2D eigenvalue weighted by atomic mass is 14.9. The Morgan fingerprint density at radius 3 is 1.60 bits per heavy atom. The van der Waals surface area contributed by atoms with E-state index in [1.807, 2.05) is 0 Å². The fraction of sp³-hybridized carbons (Fsp3) is 0.833. The van der Waals surface area contributed by atoms with E-state index >= 15 is 0 Å². The van der Waals surface area contributed by atoms with Crippen LogP contribution >= 0.6 is 0 Å². The predicted octanol–water partition coefficient (Wildman–Crippen LogP) is 8.32. The maximum Gasteiger partial charge on any atom is 0.0143 e. The lowest BCUT2D eigenvalue weighted by Gasteiger charge is -2.11. The van der Waals surface area contributed by atoms with E-state index in [9.17, 15) is 0 Å². The molecule has 0 heterocycles. The van der Waals surface area contributed by atoms with Crippen molar-refractivity contribution in [2.75, 3.05) is 6.54 Å². The fourth-order valence-corrected chi connectivity index (χ4v) is 3.27. The first-order valence-corrected chi connectivity index (χ1v) is 11.3. The SMILES string of the molecule is CCCCCCCC/C=C\CCCCCCCCNC(CC)=C(C)C. The molecule has 1 nitrogen and oxygen atoms in total. The highest BCUT2D eigenvalue weighted by Gasteiger charge is 1.96. The quantitative estimate of drug-likeness (QED) is 0.194. The first-order valence-electron chi connectivity index (χ1n) is 11.3. The summed E-state index contributed by atoms with van der Waals surface area (Å²) in [5.41, 5.74) is 2.87. The number of allylic oxidation sites excluding steroid dienone is 4. The van der Waals surface area contributed by atoms with Crippen molar-refractivity contribution in [3.8, 4) is 0 Å². The number of unbranched alkanes of at least 4 members (excludes halogenated alkanes) is 12. The van der Waals surface area contributed by atoms with Crippen LogP contribution in [0.1, 0.15) is 124 Å². The Kier molecular flexibility index (Phi) is 19.0. The molecule has 0 saturated heterocycles. The molecular weight excluding hydrogens is 302 g/mol. The Labute approximate surface area is 159 Å². The molecular formula is C24H47N. The van der Waals surface area contributed by atoms with Crippen molar-refractivity contribution in [1.82, 2.24) is 5.32 Å². The van der Waals surface area contributed by atoms with Crippen LogP contribution in [0.25, 0.3) is 0 Å². The monoisotopic (exact) mass is 349 g/mol. The van der Waals surface area contributed by atoms with Crippen LogP contribution < -0.4 is 5.32 Å². The van der Waals surface area contributed by atoms with Crippen LogP contribution in [-0.2, 0) is 0 Å². The average molecular weight is 350 g/mol. The minimum absolute atomic E-state index is 1.13. The van der Waals surface area contributed by atoms with Gasteiger partial charge in [-0.25, -0.2) is 0 Å². The zero-order chi connectivity index (χ0) is 18.6. The molecule has 0 atom stereocenters. The zero-order valence-electron chi connectivity index (χ0n) is 18.0. The van der Waals surface area contributed by atoms with Gasteiger partial charge in [-0.15, -0.1) is 0 Å². The molecule has 0 aliphatic carbocycles. The van der Waals surface area contributed by atoms with E-state index in [1.165, 1.54) is 101 Å². The molecule has 0 aromatic heterocycles. The van der Waals surface area contributed by atoms with Gasteiger partial charge in [-0.3, -0.25) is 0 Å². The van der Waals surface area contributed by atoms with Gasteiger partial charge in [-0.1, -0.05) is 89.4 Å². The summed E-state index contributed by atoms with van der Waals surface area (Å²) in [5, 5.41) is 3.59. The molecule has 0 bridgehead atoms. The van der Waals surface area contributed by atoms with Crippen LogP contribution in [0, 0.1) is 0 Å². The van der Waals surface area contributed by atoms with E-state index in [0.29, 0.717) is 0 Å². The summed E-state index contributed by atoms with van der Waals surface area (Å²) >= 11 is 0. The Hall–Kier alpha value is -0.720. The summed E-state index contributed by atoms with van der Waals surface area (Å²) in [6, 6.07) is 0. The summed E-state index contributed by atoms with van der Waals surface area (Å²) in [5.74, 6) is 0. The normalized spacial score (nSPS) is 11.2.